The zero-order valence-electron chi connectivity index (χ0n) is 13.1. The lowest BCUT2D eigenvalue weighted by Crippen LogP contribution is -2.55. The van der Waals surface area contributed by atoms with Crippen LogP contribution in [0.3, 0.4) is 0 Å². The van der Waals surface area contributed by atoms with Gasteiger partial charge in [-0.2, -0.15) is 4.37 Å². The van der Waals surface area contributed by atoms with Gasteiger partial charge in [0.2, 0.25) is 0 Å². The number of piperazine rings is 1. The largest absolute Gasteiger partial charge is 0.324 e. The van der Waals surface area contributed by atoms with Crippen LogP contribution in [0.15, 0.2) is 36.4 Å². The maximum atomic E-state index is 12.4. The first-order chi connectivity index (χ1) is 12.1. The van der Waals surface area contributed by atoms with Crippen LogP contribution in [0.1, 0.15) is 0 Å². The maximum absolute atomic E-state index is 12.4. The van der Waals surface area contributed by atoms with E-state index in [1.54, 1.807) is 4.90 Å². The molecule has 9 heteroatoms. The molecule has 0 aliphatic carbocycles. The van der Waals surface area contributed by atoms with Gasteiger partial charge in [-0.15, -0.1) is 0 Å². The summed E-state index contributed by atoms with van der Waals surface area (Å²) in [5.74, 6) is -0.355. The highest BCUT2D eigenvalue weighted by Crippen LogP contribution is 2.25. The number of anilines is 1. The molecule has 0 radical (unpaired) electrons. The minimum Gasteiger partial charge on any atom is -0.320 e. The van der Waals surface area contributed by atoms with E-state index >= 15 is 0 Å². The number of amides is 5. The smallest absolute Gasteiger partial charge is 0.320 e. The highest BCUT2D eigenvalue weighted by Gasteiger charge is 2.43. The van der Waals surface area contributed by atoms with Gasteiger partial charge in [0.1, 0.15) is 11.0 Å². The first-order valence-corrected chi connectivity index (χ1v) is 8.59. The summed E-state index contributed by atoms with van der Waals surface area (Å²) in [6.45, 7) is 0.911. The molecule has 2 fully saturated rings. The Morgan fingerprint density at radius 3 is 2.84 bits per heavy atom. The van der Waals surface area contributed by atoms with Crippen LogP contribution in [0, 0.1) is 0 Å². The number of aromatic nitrogens is 1. The molecule has 5 amide bonds. The predicted octanol–water partition coefficient (Wildman–Crippen LogP) is 1.58. The second-order valence-electron chi connectivity index (χ2n) is 5.82. The van der Waals surface area contributed by atoms with Crippen molar-refractivity contribution in [2.75, 3.05) is 25.0 Å². The van der Waals surface area contributed by atoms with E-state index in [2.05, 4.69) is 15.0 Å². The first kappa shape index (κ1) is 15.6. The molecule has 2 aromatic rings. The number of hydrogen-bond acceptors (Lipinski definition) is 5. The van der Waals surface area contributed by atoms with E-state index in [0.29, 0.717) is 18.1 Å². The maximum Gasteiger partial charge on any atom is 0.324 e. The summed E-state index contributed by atoms with van der Waals surface area (Å²) in [7, 11) is 0. The number of nitrogens with one attached hydrogen (secondary N) is 2. The van der Waals surface area contributed by atoms with Crippen molar-refractivity contribution in [2.45, 2.75) is 6.04 Å². The Labute approximate surface area is 147 Å². The Morgan fingerprint density at radius 2 is 2.04 bits per heavy atom. The second-order valence-corrected chi connectivity index (χ2v) is 6.63. The molecule has 2 saturated heterocycles. The van der Waals surface area contributed by atoms with E-state index in [1.807, 2.05) is 36.4 Å². The molecule has 2 aliphatic rings. The van der Waals surface area contributed by atoms with E-state index in [-0.39, 0.29) is 24.5 Å². The van der Waals surface area contributed by atoms with Crippen LogP contribution >= 0.6 is 11.5 Å². The number of nitrogens with zero attached hydrogens (tertiary/aromatic N) is 3. The van der Waals surface area contributed by atoms with E-state index in [1.165, 1.54) is 16.4 Å². The molecule has 8 nitrogen and oxygen atoms in total. The highest BCUT2D eigenvalue weighted by atomic mass is 32.1. The zero-order valence-corrected chi connectivity index (χ0v) is 14.0. The van der Waals surface area contributed by atoms with Gasteiger partial charge in [-0.3, -0.25) is 15.4 Å². The SMILES string of the molecule is O=C1NC(=O)N2CCN(C(=O)Nc3cc(-c4ccccc4)ns3)CC12. The zero-order chi connectivity index (χ0) is 17.4. The number of hydrogen-bond donors (Lipinski definition) is 2. The lowest BCUT2D eigenvalue weighted by Gasteiger charge is -2.35. The van der Waals surface area contributed by atoms with Crippen molar-refractivity contribution in [1.29, 1.82) is 0 Å². The summed E-state index contributed by atoms with van der Waals surface area (Å²) >= 11 is 1.20. The molecule has 0 bridgehead atoms. The Morgan fingerprint density at radius 1 is 1.24 bits per heavy atom. The molecule has 25 heavy (non-hydrogen) atoms. The Bertz CT molecular complexity index is 837. The van der Waals surface area contributed by atoms with Gasteiger partial charge in [0.15, 0.2) is 0 Å². The molecular formula is C16H15N5O3S. The highest BCUT2D eigenvalue weighted by molar-refractivity contribution is 7.10. The second kappa shape index (κ2) is 6.17. The van der Waals surface area contributed by atoms with Gasteiger partial charge in [0, 0.05) is 24.7 Å². The van der Waals surface area contributed by atoms with Gasteiger partial charge in [-0.25, -0.2) is 9.59 Å². The predicted molar refractivity (Wildman–Crippen MR) is 92.2 cm³/mol. The fourth-order valence-corrected chi connectivity index (χ4v) is 3.61. The van der Waals surface area contributed by atoms with Crippen molar-refractivity contribution >= 4 is 34.5 Å². The van der Waals surface area contributed by atoms with E-state index in [4.69, 9.17) is 0 Å². The van der Waals surface area contributed by atoms with Crippen LogP contribution in [-0.4, -0.2) is 57.8 Å². The molecule has 3 heterocycles. The summed E-state index contributed by atoms with van der Waals surface area (Å²) in [5, 5.41) is 5.72. The van der Waals surface area contributed by atoms with Crippen LogP contribution in [0.5, 0.6) is 0 Å². The van der Waals surface area contributed by atoms with Crippen LogP contribution in [0.4, 0.5) is 14.6 Å². The van der Waals surface area contributed by atoms with Gasteiger partial charge < -0.3 is 9.80 Å². The number of carbonyl (C=O) groups excluding carboxylic acids is 3. The molecular weight excluding hydrogens is 342 g/mol. The number of rotatable bonds is 2. The van der Waals surface area contributed by atoms with Gasteiger partial charge >= 0.3 is 12.1 Å². The third-order valence-corrected chi connectivity index (χ3v) is 4.98. The molecule has 2 aliphatic heterocycles. The third kappa shape index (κ3) is 2.93. The monoisotopic (exact) mass is 357 g/mol. The standard InChI is InChI=1S/C16H15N5O3S/c22-14-12-9-20(6-7-21(12)16(24)18-14)15(23)17-13-8-11(19-25-13)10-4-2-1-3-5-10/h1-5,8,12H,6-7,9H2,(H,17,23)(H,18,22,24). The summed E-state index contributed by atoms with van der Waals surface area (Å²) in [4.78, 5) is 38.8. The topological polar surface area (TPSA) is 94.6 Å². The molecule has 2 N–H and O–H groups in total. The Balaban J connectivity index is 1.42. The summed E-state index contributed by atoms with van der Waals surface area (Å²) in [5.41, 5.74) is 1.78. The fourth-order valence-electron chi connectivity index (χ4n) is 2.96. The normalized spacial score (nSPS) is 19.6. The molecule has 4 rings (SSSR count). The molecule has 1 aromatic carbocycles. The average molecular weight is 357 g/mol. The number of fused-ring (bicyclic) bond motifs is 1. The Kier molecular flexibility index (Phi) is 3.85. The summed E-state index contributed by atoms with van der Waals surface area (Å²) < 4.78 is 4.35. The number of carbonyl (C=O) groups is 3. The molecule has 0 spiro atoms. The van der Waals surface area contributed by atoms with Gasteiger partial charge in [-0.05, 0) is 11.5 Å². The van der Waals surface area contributed by atoms with Gasteiger partial charge in [0.05, 0.1) is 12.2 Å². The minimum atomic E-state index is -0.603. The van der Waals surface area contributed by atoms with Crippen molar-refractivity contribution < 1.29 is 14.4 Å². The van der Waals surface area contributed by atoms with Crippen molar-refractivity contribution in [3.8, 4) is 11.3 Å². The molecule has 128 valence electrons. The van der Waals surface area contributed by atoms with Crippen LogP contribution < -0.4 is 10.6 Å². The lowest BCUT2D eigenvalue weighted by atomic mass is 10.1. The number of imide groups is 1. The van der Waals surface area contributed by atoms with Crippen molar-refractivity contribution in [3.63, 3.8) is 0 Å². The van der Waals surface area contributed by atoms with Crippen LogP contribution in [-0.2, 0) is 4.79 Å². The summed E-state index contributed by atoms with van der Waals surface area (Å²) in [6.07, 6.45) is 0. The molecule has 1 aromatic heterocycles. The van der Waals surface area contributed by atoms with E-state index < -0.39 is 6.04 Å². The van der Waals surface area contributed by atoms with Gasteiger partial charge in [-0.1, -0.05) is 30.3 Å². The molecule has 0 saturated carbocycles. The fraction of sp³-hybridized carbons (Fsp3) is 0.250. The first-order valence-electron chi connectivity index (χ1n) is 7.81. The Hall–Kier alpha value is -2.94. The van der Waals surface area contributed by atoms with E-state index in [0.717, 1.165) is 11.3 Å². The van der Waals surface area contributed by atoms with Crippen LogP contribution in [0.2, 0.25) is 0 Å². The average Bonchev–Trinajstić information content (AvgIpc) is 3.20. The molecule has 1 atom stereocenters. The minimum absolute atomic E-state index is 0.188. The van der Waals surface area contributed by atoms with Crippen molar-refractivity contribution in [2.24, 2.45) is 0 Å². The number of urea groups is 2. The van der Waals surface area contributed by atoms with E-state index in [9.17, 15) is 14.4 Å². The van der Waals surface area contributed by atoms with Crippen LogP contribution in [0.25, 0.3) is 11.3 Å². The summed E-state index contributed by atoms with van der Waals surface area (Å²) in [6, 6.07) is 10.2. The lowest BCUT2D eigenvalue weighted by molar-refractivity contribution is -0.122. The van der Waals surface area contributed by atoms with Crippen molar-refractivity contribution in [3.05, 3.63) is 36.4 Å². The number of benzene rings is 1. The molecule has 1 unspecified atom stereocenters. The third-order valence-electron chi connectivity index (χ3n) is 4.27. The quantitative estimate of drug-likeness (QED) is 0.798. The van der Waals surface area contributed by atoms with Gasteiger partial charge in [0.25, 0.3) is 5.91 Å². The van der Waals surface area contributed by atoms with Crippen molar-refractivity contribution in [1.82, 2.24) is 19.5 Å².